The van der Waals surface area contributed by atoms with Gasteiger partial charge in [-0.15, -0.1) is 0 Å². The molecule has 8 nitrogen and oxygen atoms in total. The zero-order valence-corrected chi connectivity index (χ0v) is 19.3. The van der Waals surface area contributed by atoms with Crippen LogP contribution >= 0.6 is 0 Å². The van der Waals surface area contributed by atoms with Crippen LogP contribution in [-0.2, 0) is 20.8 Å². The lowest BCUT2D eigenvalue weighted by molar-refractivity contribution is -0.155. The third-order valence-corrected chi connectivity index (χ3v) is 5.97. The van der Waals surface area contributed by atoms with Crippen LogP contribution in [0.1, 0.15) is 32.3 Å². The molecule has 33 heavy (non-hydrogen) atoms. The summed E-state index contributed by atoms with van der Waals surface area (Å²) in [4.78, 5) is 41.1. The highest BCUT2D eigenvalue weighted by Crippen LogP contribution is 2.21. The molecule has 0 saturated carbocycles. The number of imide groups is 1. The molecule has 0 bridgehead atoms. The summed E-state index contributed by atoms with van der Waals surface area (Å²) in [5, 5.41) is 17.7. The maximum Gasteiger partial charge on any atom is 0.247 e. The molecule has 0 aliphatic carbocycles. The quantitative estimate of drug-likeness (QED) is 0.447. The fourth-order valence-corrected chi connectivity index (χ4v) is 4.07. The topological polar surface area (TPSA) is 125 Å². The summed E-state index contributed by atoms with van der Waals surface area (Å²) in [5.41, 5.74) is 6.30. The van der Waals surface area contributed by atoms with Crippen molar-refractivity contribution in [3.8, 4) is 0 Å². The maximum absolute atomic E-state index is 13.4. The van der Waals surface area contributed by atoms with Gasteiger partial charge in [-0.25, -0.2) is 0 Å². The van der Waals surface area contributed by atoms with Gasteiger partial charge in [-0.2, -0.15) is 0 Å². The van der Waals surface area contributed by atoms with Gasteiger partial charge in [0.1, 0.15) is 6.04 Å². The fraction of sp³-hybridized carbons (Fsp3) is 0.480. The number of aliphatic hydroxyl groups is 1. The standard InChI is InChI=1S/C25H34N4O4/c1-16(2)24(32)29(25(33)21-8-5-11-27-21)22(23(31)28-15-20(30)14-26)13-17-9-10-18-6-3-4-7-19(18)12-17/h3-4,6-7,9-10,12,16,20-22,27,30H,5,8,11,13-15,26H2,1-2H3,(H,28,31)/t20?,21-,22+/m0/s1. The van der Waals surface area contributed by atoms with Crippen LogP contribution in [0.2, 0.25) is 0 Å². The molecule has 3 atom stereocenters. The van der Waals surface area contributed by atoms with Crippen molar-refractivity contribution in [2.75, 3.05) is 19.6 Å². The number of hydrogen-bond acceptors (Lipinski definition) is 6. The second-order valence-corrected chi connectivity index (χ2v) is 8.89. The van der Waals surface area contributed by atoms with Gasteiger partial charge in [0, 0.05) is 25.4 Å². The normalized spacial score (nSPS) is 17.7. The first-order valence-corrected chi connectivity index (χ1v) is 11.6. The zero-order valence-electron chi connectivity index (χ0n) is 19.3. The van der Waals surface area contributed by atoms with Gasteiger partial charge in [0.2, 0.25) is 17.7 Å². The summed E-state index contributed by atoms with van der Waals surface area (Å²) in [6.45, 7) is 4.07. The highest BCUT2D eigenvalue weighted by atomic mass is 16.3. The minimum absolute atomic E-state index is 0.00478. The Labute approximate surface area is 194 Å². The fourth-order valence-electron chi connectivity index (χ4n) is 4.07. The minimum atomic E-state index is -1.04. The van der Waals surface area contributed by atoms with E-state index < -0.39 is 35.9 Å². The van der Waals surface area contributed by atoms with E-state index in [4.69, 9.17) is 5.73 Å². The average molecular weight is 455 g/mol. The number of carbonyl (C=O) groups is 3. The molecule has 1 saturated heterocycles. The van der Waals surface area contributed by atoms with Crippen LogP contribution in [0.4, 0.5) is 0 Å². The summed E-state index contributed by atoms with van der Waals surface area (Å²) < 4.78 is 0. The summed E-state index contributed by atoms with van der Waals surface area (Å²) in [6.07, 6.45) is 0.727. The number of hydrogen-bond donors (Lipinski definition) is 4. The van der Waals surface area contributed by atoms with E-state index in [0.29, 0.717) is 13.0 Å². The average Bonchev–Trinajstić information content (AvgIpc) is 3.36. The Morgan fingerprint density at radius 1 is 1.18 bits per heavy atom. The van der Waals surface area contributed by atoms with Crippen molar-refractivity contribution < 1.29 is 19.5 Å². The summed E-state index contributed by atoms with van der Waals surface area (Å²) in [5.74, 6) is -1.73. The summed E-state index contributed by atoms with van der Waals surface area (Å²) in [6, 6.07) is 12.2. The third-order valence-electron chi connectivity index (χ3n) is 5.97. The monoisotopic (exact) mass is 454 g/mol. The van der Waals surface area contributed by atoms with Crippen molar-refractivity contribution in [2.24, 2.45) is 11.7 Å². The number of fused-ring (bicyclic) bond motifs is 1. The molecular formula is C25H34N4O4. The number of nitrogens with two attached hydrogens (primary N) is 1. The molecule has 1 heterocycles. The molecule has 1 fully saturated rings. The number of nitrogens with zero attached hydrogens (tertiary/aromatic N) is 1. The number of nitrogens with one attached hydrogen (secondary N) is 2. The first-order chi connectivity index (χ1) is 15.8. The van der Waals surface area contributed by atoms with Gasteiger partial charge in [0.05, 0.1) is 12.1 Å². The lowest BCUT2D eigenvalue weighted by Crippen LogP contribution is -2.58. The first kappa shape index (κ1) is 24.8. The molecule has 2 aromatic rings. The van der Waals surface area contributed by atoms with E-state index in [-0.39, 0.29) is 25.4 Å². The molecule has 178 valence electrons. The number of rotatable bonds is 9. The predicted molar refractivity (Wildman–Crippen MR) is 127 cm³/mol. The molecule has 0 spiro atoms. The van der Waals surface area contributed by atoms with Gasteiger partial charge in [0.25, 0.3) is 0 Å². The van der Waals surface area contributed by atoms with Gasteiger partial charge in [-0.3, -0.25) is 19.3 Å². The molecular weight excluding hydrogens is 420 g/mol. The van der Waals surface area contributed by atoms with E-state index in [1.54, 1.807) is 13.8 Å². The Morgan fingerprint density at radius 2 is 1.91 bits per heavy atom. The molecule has 1 unspecified atom stereocenters. The van der Waals surface area contributed by atoms with Crippen LogP contribution in [0.25, 0.3) is 10.8 Å². The van der Waals surface area contributed by atoms with Crippen LogP contribution in [0.15, 0.2) is 42.5 Å². The van der Waals surface area contributed by atoms with Gasteiger partial charge in [-0.05, 0) is 35.7 Å². The van der Waals surface area contributed by atoms with Crippen LogP contribution in [-0.4, -0.2) is 65.5 Å². The largest absolute Gasteiger partial charge is 0.390 e. The van der Waals surface area contributed by atoms with Crippen LogP contribution in [0.5, 0.6) is 0 Å². The Bertz CT molecular complexity index is 987. The van der Waals surface area contributed by atoms with E-state index in [1.807, 2.05) is 42.5 Å². The Morgan fingerprint density at radius 3 is 2.55 bits per heavy atom. The van der Waals surface area contributed by atoms with E-state index in [2.05, 4.69) is 10.6 Å². The lowest BCUT2D eigenvalue weighted by Gasteiger charge is -2.33. The van der Waals surface area contributed by atoms with Gasteiger partial charge >= 0.3 is 0 Å². The third kappa shape index (κ3) is 6.16. The van der Waals surface area contributed by atoms with Crippen LogP contribution < -0.4 is 16.4 Å². The van der Waals surface area contributed by atoms with Gasteiger partial charge in [0.15, 0.2) is 0 Å². The van der Waals surface area contributed by atoms with Crippen molar-refractivity contribution in [3.05, 3.63) is 48.0 Å². The van der Waals surface area contributed by atoms with Crippen molar-refractivity contribution in [1.82, 2.24) is 15.5 Å². The smallest absolute Gasteiger partial charge is 0.247 e. The second-order valence-electron chi connectivity index (χ2n) is 8.89. The van der Waals surface area contributed by atoms with Crippen molar-refractivity contribution in [3.63, 3.8) is 0 Å². The maximum atomic E-state index is 13.4. The predicted octanol–water partition coefficient (Wildman–Crippen LogP) is 0.950. The zero-order chi connectivity index (χ0) is 24.0. The molecule has 2 aromatic carbocycles. The SMILES string of the molecule is CC(C)C(=O)N(C(=O)[C@@H]1CCCN1)[C@H](Cc1ccc2ccccc2c1)C(=O)NCC(O)CN. The number of benzene rings is 2. The molecule has 1 aliphatic rings. The Balaban J connectivity index is 1.96. The molecule has 0 radical (unpaired) electrons. The van der Waals surface area contributed by atoms with E-state index in [1.165, 1.54) is 0 Å². The molecule has 3 rings (SSSR count). The lowest BCUT2D eigenvalue weighted by atomic mass is 9.98. The van der Waals surface area contributed by atoms with Gasteiger partial charge < -0.3 is 21.5 Å². The van der Waals surface area contributed by atoms with E-state index in [9.17, 15) is 19.5 Å². The van der Waals surface area contributed by atoms with Gasteiger partial charge in [-0.1, -0.05) is 56.3 Å². The van der Waals surface area contributed by atoms with Crippen molar-refractivity contribution >= 4 is 28.5 Å². The highest BCUT2D eigenvalue weighted by Gasteiger charge is 2.39. The van der Waals surface area contributed by atoms with E-state index >= 15 is 0 Å². The molecule has 1 aliphatic heterocycles. The van der Waals surface area contributed by atoms with Crippen LogP contribution in [0, 0.1) is 5.92 Å². The molecule has 3 amide bonds. The summed E-state index contributed by atoms with van der Waals surface area (Å²) >= 11 is 0. The van der Waals surface area contributed by atoms with Crippen molar-refractivity contribution in [1.29, 1.82) is 0 Å². The Hall–Kier alpha value is -2.81. The number of carbonyl (C=O) groups excluding carboxylic acids is 3. The first-order valence-electron chi connectivity index (χ1n) is 11.6. The molecule has 8 heteroatoms. The molecule has 0 aromatic heterocycles. The Kier molecular flexibility index (Phi) is 8.55. The van der Waals surface area contributed by atoms with Crippen molar-refractivity contribution in [2.45, 2.75) is 51.3 Å². The molecule has 5 N–H and O–H groups in total. The highest BCUT2D eigenvalue weighted by molar-refractivity contribution is 6.03. The second kappa shape index (κ2) is 11.4. The minimum Gasteiger partial charge on any atom is -0.390 e. The number of aliphatic hydroxyl groups excluding tert-OH is 1. The van der Waals surface area contributed by atoms with Crippen LogP contribution in [0.3, 0.4) is 0 Å². The summed E-state index contributed by atoms with van der Waals surface area (Å²) in [7, 11) is 0. The number of amides is 3. The van der Waals surface area contributed by atoms with E-state index in [0.717, 1.165) is 27.7 Å².